The maximum atomic E-state index is 13.6. The van der Waals surface area contributed by atoms with Gasteiger partial charge in [-0.2, -0.15) is 0 Å². The molecule has 0 radical (unpaired) electrons. The second-order valence-corrected chi connectivity index (χ2v) is 6.97. The molecule has 1 aliphatic rings. The summed E-state index contributed by atoms with van der Waals surface area (Å²) in [7, 11) is 0. The van der Waals surface area contributed by atoms with Crippen LogP contribution < -0.4 is 0 Å². The summed E-state index contributed by atoms with van der Waals surface area (Å²) in [5.74, 6) is 1.20. The van der Waals surface area contributed by atoms with Crippen LogP contribution in [0.1, 0.15) is 80.6 Å². The van der Waals surface area contributed by atoms with Crippen molar-refractivity contribution in [1.29, 1.82) is 0 Å². The Hall–Kier alpha value is -1.18. The number of unbranched alkanes of at least 4 members (excludes halogenated alkanes) is 2. The summed E-state index contributed by atoms with van der Waals surface area (Å²) in [5.41, 5.74) is 1.14. The normalized spacial score (nSPS) is 21.8. The van der Waals surface area contributed by atoms with Gasteiger partial charge in [-0.1, -0.05) is 57.6 Å². The number of halogens is 1. The van der Waals surface area contributed by atoms with E-state index in [0.717, 1.165) is 18.8 Å². The monoisotopic (exact) mass is 304 g/mol. The molecule has 0 bridgehead atoms. The van der Waals surface area contributed by atoms with Crippen molar-refractivity contribution in [3.05, 3.63) is 35.1 Å². The quantitative estimate of drug-likeness (QED) is 0.440. The Kier molecular flexibility index (Phi) is 6.60. The third kappa shape index (κ3) is 4.93. The van der Waals surface area contributed by atoms with Crippen molar-refractivity contribution in [2.75, 3.05) is 0 Å². The number of Topliss-reactive ketones (excluding diaryl/α,β-unsaturated/α-hetero) is 1. The molecule has 0 unspecified atom stereocenters. The molecule has 1 saturated carbocycles. The number of aryl methyl sites for hydroxylation is 1. The van der Waals surface area contributed by atoms with Crippen LogP contribution in [-0.4, -0.2) is 5.78 Å². The topological polar surface area (TPSA) is 17.1 Å². The number of benzene rings is 1. The summed E-state index contributed by atoms with van der Waals surface area (Å²) < 4.78 is 13.6. The maximum absolute atomic E-state index is 13.6. The molecule has 1 aliphatic carbocycles. The molecule has 0 spiro atoms. The minimum absolute atomic E-state index is 0.105. The van der Waals surface area contributed by atoms with Crippen LogP contribution in [0.25, 0.3) is 0 Å². The third-order valence-electron chi connectivity index (χ3n) is 5.15. The van der Waals surface area contributed by atoms with Crippen LogP contribution in [0.15, 0.2) is 18.2 Å². The molecule has 1 aromatic carbocycles. The van der Waals surface area contributed by atoms with Gasteiger partial charge in [0.1, 0.15) is 5.82 Å². The Labute approximate surface area is 134 Å². The van der Waals surface area contributed by atoms with E-state index in [1.807, 2.05) is 0 Å². The molecule has 0 saturated heterocycles. The van der Waals surface area contributed by atoms with Gasteiger partial charge in [0.25, 0.3) is 0 Å². The van der Waals surface area contributed by atoms with E-state index in [1.54, 1.807) is 19.1 Å². The van der Waals surface area contributed by atoms with Crippen LogP contribution in [0.3, 0.4) is 0 Å². The number of carbonyl (C=O) groups excluding carboxylic acids is 1. The molecule has 0 heterocycles. The second-order valence-electron chi connectivity index (χ2n) is 6.97. The van der Waals surface area contributed by atoms with E-state index in [0.29, 0.717) is 23.5 Å². The van der Waals surface area contributed by atoms with E-state index < -0.39 is 0 Å². The van der Waals surface area contributed by atoms with Gasteiger partial charge >= 0.3 is 0 Å². The van der Waals surface area contributed by atoms with Crippen molar-refractivity contribution in [1.82, 2.24) is 0 Å². The Balaban J connectivity index is 1.78. The summed E-state index contributed by atoms with van der Waals surface area (Å²) >= 11 is 0. The maximum Gasteiger partial charge on any atom is 0.163 e. The van der Waals surface area contributed by atoms with Gasteiger partial charge in [-0.3, -0.25) is 4.79 Å². The van der Waals surface area contributed by atoms with Crippen molar-refractivity contribution in [3.63, 3.8) is 0 Å². The standard InChI is InChI=1S/C20H29FO/c1-3-4-5-6-16-8-10-17(11-9-16)13-20(22)18-12-7-15(2)19(21)14-18/h7,12,14,16-17H,3-6,8-11,13H2,1-2H3. The highest BCUT2D eigenvalue weighted by atomic mass is 19.1. The van der Waals surface area contributed by atoms with Crippen LogP contribution >= 0.6 is 0 Å². The summed E-state index contributed by atoms with van der Waals surface area (Å²) in [6.07, 6.45) is 10.8. The van der Waals surface area contributed by atoms with Gasteiger partial charge in [0, 0.05) is 12.0 Å². The summed E-state index contributed by atoms with van der Waals surface area (Å²) in [5, 5.41) is 0. The fourth-order valence-corrected chi connectivity index (χ4v) is 3.55. The largest absolute Gasteiger partial charge is 0.294 e. The molecule has 1 aromatic rings. The molecule has 1 nitrogen and oxygen atoms in total. The van der Waals surface area contributed by atoms with Gasteiger partial charge in [-0.25, -0.2) is 4.39 Å². The Morgan fingerprint density at radius 2 is 1.82 bits per heavy atom. The molecule has 0 amide bonds. The van der Waals surface area contributed by atoms with Crippen LogP contribution in [0.4, 0.5) is 4.39 Å². The van der Waals surface area contributed by atoms with Gasteiger partial charge in [-0.15, -0.1) is 0 Å². The minimum atomic E-state index is -0.273. The van der Waals surface area contributed by atoms with Crippen molar-refractivity contribution in [3.8, 4) is 0 Å². The highest BCUT2D eigenvalue weighted by molar-refractivity contribution is 5.96. The zero-order valence-electron chi connectivity index (χ0n) is 14.0. The van der Waals surface area contributed by atoms with E-state index in [2.05, 4.69) is 6.92 Å². The fraction of sp³-hybridized carbons (Fsp3) is 0.650. The lowest BCUT2D eigenvalue weighted by Gasteiger charge is -2.28. The first-order chi connectivity index (χ1) is 10.6. The van der Waals surface area contributed by atoms with E-state index in [4.69, 9.17) is 0 Å². The summed E-state index contributed by atoms with van der Waals surface area (Å²) in [6.45, 7) is 3.97. The van der Waals surface area contributed by atoms with Crippen molar-refractivity contribution >= 4 is 5.78 Å². The van der Waals surface area contributed by atoms with Gasteiger partial charge in [0.05, 0.1) is 0 Å². The lowest BCUT2D eigenvalue weighted by molar-refractivity contribution is 0.0941. The van der Waals surface area contributed by atoms with Crippen molar-refractivity contribution in [2.45, 2.75) is 71.6 Å². The number of carbonyl (C=O) groups is 1. The first-order valence-electron chi connectivity index (χ1n) is 8.89. The number of ketones is 1. The molecule has 2 rings (SSSR count). The molecule has 2 heteroatoms. The Morgan fingerprint density at radius 3 is 2.45 bits per heavy atom. The first-order valence-corrected chi connectivity index (χ1v) is 8.89. The van der Waals surface area contributed by atoms with Gasteiger partial charge in [0.15, 0.2) is 5.78 Å². The molecule has 0 aromatic heterocycles. The number of hydrogen-bond donors (Lipinski definition) is 0. The molecule has 22 heavy (non-hydrogen) atoms. The lowest BCUT2D eigenvalue weighted by atomic mass is 9.77. The number of rotatable bonds is 7. The highest BCUT2D eigenvalue weighted by Crippen LogP contribution is 2.34. The predicted molar refractivity (Wildman–Crippen MR) is 89.7 cm³/mol. The molecular weight excluding hydrogens is 275 g/mol. The Bertz CT molecular complexity index is 486. The van der Waals surface area contributed by atoms with E-state index >= 15 is 0 Å². The molecule has 122 valence electrons. The fourth-order valence-electron chi connectivity index (χ4n) is 3.55. The predicted octanol–water partition coefficient (Wildman–Crippen LogP) is 6.09. The van der Waals surface area contributed by atoms with Crippen LogP contribution in [0, 0.1) is 24.6 Å². The molecular formula is C20H29FO. The molecule has 0 aliphatic heterocycles. The van der Waals surface area contributed by atoms with E-state index in [9.17, 15) is 9.18 Å². The lowest BCUT2D eigenvalue weighted by Crippen LogP contribution is -2.17. The zero-order valence-corrected chi connectivity index (χ0v) is 14.0. The second kappa shape index (κ2) is 8.45. The Morgan fingerprint density at radius 1 is 1.14 bits per heavy atom. The smallest absolute Gasteiger partial charge is 0.163 e. The minimum Gasteiger partial charge on any atom is -0.294 e. The van der Waals surface area contributed by atoms with Crippen LogP contribution in [-0.2, 0) is 0 Å². The van der Waals surface area contributed by atoms with Crippen LogP contribution in [0.5, 0.6) is 0 Å². The number of hydrogen-bond acceptors (Lipinski definition) is 1. The zero-order chi connectivity index (χ0) is 15.9. The van der Waals surface area contributed by atoms with Crippen molar-refractivity contribution in [2.24, 2.45) is 11.8 Å². The van der Waals surface area contributed by atoms with Crippen LogP contribution in [0.2, 0.25) is 0 Å². The van der Waals surface area contributed by atoms with E-state index in [1.165, 1.54) is 44.6 Å². The van der Waals surface area contributed by atoms with E-state index in [-0.39, 0.29) is 11.6 Å². The van der Waals surface area contributed by atoms with Gasteiger partial charge < -0.3 is 0 Å². The van der Waals surface area contributed by atoms with Gasteiger partial charge in [0.2, 0.25) is 0 Å². The molecule has 0 atom stereocenters. The SMILES string of the molecule is CCCCCC1CCC(CC(=O)c2ccc(C)c(F)c2)CC1. The molecule has 0 N–H and O–H groups in total. The van der Waals surface area contributed by atoms with Crippen molar-refractivity contribution < 1.29 is 9.18 Å². The van der Waals surface area contributed by atoms with Gasteiger partial charge in [-0.05, 0) is 43.2 Å². The first kappa shape index (κ1) is 17.2. The molecule has 1 fully saturated rings. The summed E-state index contributed by atoms with van der Waals surface area (Å²) in [6, 6.07) is 4.86. The summed E-state index contributed by atoms with van der Waals surface area (Å²) in [4.78, 5) is 12.3. The third-order valence-corrected chi connectivity index (χ3v) is 5.15. The average Bonchev–Trinajstić information content (AvgIpc) is 2.52. The highest BCUT2D eigenvalue weighted by Gasteiger charge is 2.23. The average molecular weight is 304 g/mol.